The van der Waals surface area contributed by atoms with Crippen LogP contribution in [0.5, 0.6) is 0 Å². The molecule has 8 heteroatoms. The van der Waals surface area contributed by atoms with E-state index in [4.69, 9.17) is 0 Å². The first kappa shape index (κ1) is 21.8. The summed E-state index contributed by atoms with van der Waals surface area (Å²) >= 11 is 0. The van der Waals surface area contributed by atoms with E-state index in [2.05, 4.69) is 21.9 Å². The fourth-order valence-corrected chi connectivity index (χ4v) is 4.37. The fourth-order valence-electron chi connectivity index (χ4n) is 3.10. The second-order valence-electron chi connectivity index (χ2n) is 6.92. The SMILES string of the molecule is CCCCN(C)C(=O)c1ccccc1S(=O)(=O)NCCCN1CCNCC1. The Bertz CT molecular complexity index is 703. The van der Waals surface area contributed by atoms with E-state index in [1.54, 1.807) is 30.1 Å². The maximum Gasteiger partial charge on any atom is 0.254 e. The molecule has 1 aromatic carbocycles. The number of rotatable bonds is 10. The molecule has 0 radical (unpaired) electrons. The number of unbranched alkanes of at least 4 members (excludes halogenated alkanes) is 1. The van der Waals surface area contributed by atoms with Crippen molar-refractivity contribution in [2.24, 2.45) is 0 Å². The van der Waals surface area contributed by atoms with Crippen LogP contribution in [0.1, 0.15) is 36.5 Å². The Labute approximate surface area is 163 Å². The van der Waals surface area contributed by atoms with Gasteiger partial charge in [0.2, 0.25) is 10.0 Å². The number of benzene rings is 1. The largest absolute Gasteiger partial charge is 0.342 e. The minimum atomic E-state index is -3.72. The smallest absolute Gasteiger partial charge is 0.254 e. The van der Waals surface area contributed by atoms with Crippen molar-refractivity contribution in [3.05, 3.63) is 29.8 Å². The monoisotopic (exact) mass is 396 g/mol. The molecule has 0 aromatic heterocycles. The third-order valence-corrected chi connectivity index (χ3v) is 6.27. The molecule has 1 aliphatic heterocycles. The molecule has 1 saturated heterocycles. The third kappa shape index (κ3) is 6.57. The predicted octanol–water partition coefficient (Wildman–Crippen LogP) is 1.13. The van der Waals surface area contributed by atoms with Gasteiger partial charge in [-0.05, 0) is 31.5 Å². The molecule has 7 nitrogen and oxygen atoms in total. The van der Waals surface area contributed by atoms with E-state index in [1.165, 1.54) is 6.07 Å². The van der Waals surface area contributed by atoms with E-state index in [1.807, 2.05) is 0 Å². The lowest BCUT2D eigenvalue weighted by Gasteiger charge is -2.27. The van der Waals surface area contributed by atoms with Gasteiger partial charge in [0, 0.05) is 46.3 Å². The summed E-state index contributed by atoms with van der Waals surface area (Å²) in [6.07, 6.45) is 2.61. The molecular weight excluding hydrogens is 364 g/mol. The highest BCUT2D eigenvalue weighted by Crippen LogP contribution is 2.17. The van der Waals surface area contributed by atoms with Gasteiger partial charge in [-0.3, -0.25) is 4.79 Å². The molecule has 0 spiro atoms. The molecule has 1 aromatic rings. The Morgan fingerprint density at radius 2 is 1.93 bits per heavy atom. The van der Waals surface area contributed by atoms with Crippen molar-refractivity contribution in [2.45, 2.75) is 31.1 Å². The van der Waals surface area contributed by atoms with Gasteiger partial charge in [-0.2, -0.15) is 0 Å². The number of sulfonamides is 1. The molecule has 2 N–H and O–H groups in total. The lowest BCUT2D eigenvalue weighted by atomic mass is 10.2. The third-order valence-electron chi connectivity index (χ3n) is 4.75. The highest BCUT2D eigenvalue weighted by atomic mass is 32.2. The Hall–Kier alpha value is -1.48. The highest BCUT2D eigenvalue weighted by Gasteiger charge is 2.23. The Morgan fingerprint density at radius 1 is 1.22 bits per heavy atom. The molecule has 152 valence electrons. The summed E-state index contributed by atoms with van der Waals surface area (Å²) in [7, 11) is -2.01. The Kier molecular flexibility index (Phi) is 8.69. The van der Waals surface area contributed by atoms with Crippen molar-refractivity contribution in [3.8, 4) is 0 Å². The molecule has 0 saturated carbocycles. The van der Waals surface area contributed by atoms with Crippen molar-refractivity contribution in [1.29, 1.82) is 0 Å². The second kappa shape index (κ2) is 10.8. The number of nitrogens with zero attached hydrogens (tertiary/aromatic N) is 2. The average Bonchev–Trinajstić information content (AvgIpc) is 2.69. The van der Waals surface area contributed by atoms with E-state index in [0.29, 0.717) is 13.1 Å². The van der Waals surface area contributed by atoms with Crippen molar-refractivity contribution in [2.75, 3.05) is 52.9 Å². The fraction of sp³-hybridized carbons (Fsp3) is 0.632. The van der Waals surface area contributed by atoms with Gasteiger partial charge in [-0.15, -0.1) is 0 Å². The summed E-state index contributed by atoms with van der Waals surface area (Å²) in [6, 6.07) is 6.43. The van der Waals surface area contributed by atoms with Crippen LogP contribution in [0, 0.1) is 0 Å². The molecule has 0 unspecified atom stereocenters. The van der Waals surface area contributed by atoms with Crippen molar-refractivity contribution in [3.63, 3.8) is 0 Å². The van der Waals surface area contributed by atoms with E-state index >= 15 is 0 Å². The molecule has 1 amide bonds. The van der Waals surface area contributed by atoms with Crippen molar-refractivity contribution < 1.29 is 13.2 Å². The zero-order valence-electron chi connectivity index (χ0n) is 16.4. The first-order valence-corrected chi connectivity index (χ1v) is 11.2. The lowest BCUT2D eigenvalue weighted by molar-refractivity contribution is 0.0789. The summed E-state index contributed by atoms with van der Waals surface area (Å²) in [5.41, 5.74) is 0.228. The van der Waals surface area contributed by atoms with Crippen LogP contribution in [0.25, 0.3) is 0 Å². The molecular formula is C19H32N4O3S. The van der Waals surface area contributed by atoms with Gasteiger partial charge in [0.25, 0.3) is 5.91 Å². The summed E-state index contributed by atoms with van der Waals surface area (Å²) in [6.45, 7) is 7.84. The summed E-state index contributed by atoms with van der Waals surface area (Å²) in [5, 5.41) is 3.30. The number of hydrogen-bond acceptors (Lipinski definition) is 5. The average molecular weight is 397 g/mol. The van der Waals surface area contributed by atoms with Crippen LogP contribution < -0.4 is 10.0 Å². The standard InChI is InChI=1S/C19H32N4O3S/c1-3-4-13-22(2)19(24)17-8-5-6-9-18(17)27(25,26)21-10-7-14-23-15-11-20-12-16-23/h5-6,8-9,20-21H,3-4,7,10-16H2,1-2H3. The quantitative estimate of drug-likeness (QED) is 0.580. The topological polar surface area (TPSA) is 81.8 Å². The minimum Gasteiger partial charge on any atom is -0.342 e. The van der Waals surface area contributed by atoms with Crippen LogP contribution in [0.15, 0.2) is 29.2 Å². The van der Waals surface area contributed by atoms with E-state index in [-0.39, 0.29) is 16.4 Å². The Morgan fingerprint density at radius 3 is 2.63 bits per heavy atom. The molecule has 0 bridgehead atoms. The van der Waals surface area contributed by atoms with Gasteiger partial charge < -0.3 is 15.1 Å². The minimum absolute atomic E-state index is 0.0560. The van der Waals surface area contributed by atoms with Crippen LogP contribution in [0.2, 0.25) is 0 Å². The second-order valence-corrected chi connectivity index (χ2v) is 8.65. The highest BCUT2D eigenvalue weighted by molar-refractivity contribution is 7.89. The molecule has 2 rings (SSSR count). The van der Waals surface area contributed by atoms with Gasteiger partial charge in [0.15, 0.2) is 0 Å². The summed E-state index contributed by atoms with van der Waals surface area (Å²) in [5.74, 6) is -0.259. The zero-order chi connectivity index (χ0) is 19.7. The van der Waals surface area contributed by atoms with Gasteiger partial charge in [0.05, 0.1) is 10.5 Å². The normalized spacial score (nSPS) is 15.6. The number of carbonyl (C=O) groups excluding carboxylic acids is 1. The van der Waals surface area contributed by atoms with E-state index in [9.17, 15) is 13.2 Å². The molecule has 1 aliphatic rings. The van der Waals surface area contributed by atoms with Crippen molar-refractivity contribution in [1.82, 2.24) is 19.8 Å². The van der Waals surface area contributed by atoms with E-state index in [0.717, 1.165) is 52.0 Å². The molecule has 0 aliphatic carbocycles. The first-order chi connectivity index (χ1) is 13.0. The zero-order valence-corrected chi connectivity index (χ0v) is 17.2. The van der Waals surface area contributed by atoms with Gasteiger partial charge in [-0.25, -0.2) is 13.1 Å². The number of amides is 1. The van der Waals surface area contributed by atoms with Crippen molar-refractivity contribution >= 4 is 15.9 Å². The summed E-state index contributed by atoms with van der Waals surface area (Å²) in [4.78, 5) is 16.6. The van der Waals surface area contributed by atoms with Crippen LogP contribution in [0.3, 0.4) is 0 Å². The van der Waals surface area contributed by atoms with Crippen LogP contribution in [-0.4, -0.2) is 77.0 Å². The molecule has 1 fully saturated rings. The van der Waals surface area contributed by atoms with E-state index < -0.39 is 10.0 Å². The Balaban J connectivity index is 1.97. The van der Waals surface area contributed by atoms with Crippen LogP contribution in [0.4, 0.5) is 0 Å². The molecule has 0 atom stereocenters. The first-order valence-electron chi connectivity index (χ1n) is 9.73. The summed E-state index contributed by atoms with van der Waals surface area (Å²) < 4.78 is 28.1. The van der Waals surface area contributed by atoms with Gasteiger partial charge in [0.1, 0.15) is 0 Å². The number of piperazine rings is 1. The lowest BCUT2D eigenvalue weighted by Crippen LogP contribution is -2.44. The molecule has 27 heavy (non-hydrogen) atoms. The number of carbonyl (C=O) groups is 1. The maximum atomic E-state index is 12.7. The van der Waals surface area contributed by atoms with Crippen LogP contribution >= 0.6 is 0 Å². The van der Waals surface area contributed by atoms with Crippen LogP contribution in [-0.2, 0) is 10.0 Å². The number of nitrogens with one attached hydrogen (secondary N) is 2. The maximum absolute atomic E-state index is 12.7. The predicted molar refractivity (Wildman–Crippen MR) is 107 cm³/mol. The number of hydrogen-bond donors (Lipinski definition) is 2. The van der Waals surface area contributed by atoms with Gasteiger partial charge >= 0.3 is 0 Å². The van der Waals surface area contributed by atoms with Gasteiger partial charge in [-0.1, -0.05) is 25.5 Å². The molecule has 1 heterocycles.